The molecule has 106 valence electrons. The average Bonchev–Trinajstić information content (AvgIpc) is 2.46. The van der Waals surface area contributed by atoms with Crippen molar-refractivity contribution in [3.05, 3.63) is 23.8 Å². The minimum Gasteiger partial charge on any atom is -0.482 e. The van der Waals surface area contributed by atoms with E-state index in [4.69, 9.17) is 4.74 Å². The lowest BCUT2D eigenvalue weighted by Crippen LogP contribution is -2.39. The summed E-state index contributed by atoms with van der Waals surface area (Å²) < 4.78 is 5.35. The molecule has 1 aromatic rings. The molecule has 1 saturated heterocycles. The molecule has 0 spiro atoms. The summed E-state index contributed by atoms with van der Waals surface area (Å²) in [6, 6.07) is 5.30. The molecule has 5 heteroatoms. The largest absolute Gasteiger partial charge is 0.482 e. The van der Waals surface area contributed by atoms with Crippen molar-refractivity contribution in [3.8, 4) is 5.75 Å². The quantitative estimate of drug-likeness (QED) is 0.850. The molecule has 3 rings (SSSR count). The van der Waals surface area contributed by atoms with Crippen LogP contribution in [-0.2, 0) is 4.79 Å². The zero-order valence-corrected chi connectivity index (χ0v) is 11.5. The summed E-state index contributed by atoms with van der Waals surface area (Å²) in [6.07, 6.45) is 2.20. The van der Waals surface area contributed by atoms with Gasteiger partial charge in [0.25, 0.3) is 11.8 Å². The van der Waals surface area contributed by atoms with E-state index < -0.39 is 0 Å². The fourth-order valence-electron chi connectivity index (χ4n) is 2.82. The number of carbonyl (C=O) groups is 2. The molecule has 1 N–H and O–H groups in total. The van der Waals surface area contributed by atoms with Crippen LogP contribution in [0.15, 0.2) is 18.2 Å². The number of para-hydroxylation sites is 1. The zero-order chi connectivity index (χ0) is 14.1. The Kier molecular flexibility index (Phi) is 3.34. The molecule has 0 saturated carbocycles. The molecule has 0 aliphatic carbocycles. The Morgan fingerprint density at radius 2 is 2.30 bits per heavy atom. The van der Waals surface area contributed by atoms with E-state index in [-0.39, 0.29) is 18.4 Å². The van der Waals surface area contributed by atoms with Gasteiger partial charge in [-0.15, -0.1) is 0 Å². The zero-order valence-electron chi connectivity index (χ0n) is 11.5. The summed E-state index contributed by atoms with van der Waals surface area (Å²) in [5.41, 5.74) is 1.02. The first-order valence-corrected chi connectivity index (χ1v) is 7.00. The number of ether oxygens (including phenoxy) is 1. The van der Waals surface area contributed by atoms with Crippen LogP contribution in [0.1, 0.15) is 30.1 Å². The van der Waals surface area contributed by atoms with Crippen molar-refractivity contribution in [3.63, 3.8) is 0 Å². The Morgan fingerprint density at radius 3 is 3.10 bits per heavy atom. The van der Waals surface area contributed by atoms with Gasteiger partial charge in [0.1, 0.15) is 5.75 Å². The molecule has 2 heterocycles. The molecule has 1 fully saturated rings. The third kappa shape index (κ3) is 2.35. The van der Waals surface area contributed by atoms with E-state index in [2.05, 4.69) is 12.2 Å². The molecule has 1 atom stereocenters. The highest BCUT2D eigenvalue weighted by Gasteiger charge is 2.27. The lowest BCUT2D eigenvalue weighted by Gasteiger charge is -2.32. The predicted octanol–water partition coefficient (Wildman–Crippen LogP) is 1.89. The summed E-state index contributed by atoms with van der Waals surface area (Å²) in [6.45, 7) is 3.72. The number of fused-ring (bicyclic) bond motifs is 1. The number of likely N-dealkylation sites (tertiary alicyclic amines) is 1. The number of hydrogen-bond acceptors (Lipinski definition) is 3. The maximum Gasteiger partial charge on any atom is 0.262 e. The van der Waals surface area contributed by atoms with Crippen molar-refractivity contribution in [2.24, 2.45) is 5.92 Å². The summed E-state index contributed by atoms with van der Waals surface area (Å²) >= 11 is 0. The van der Waals surface area contributed by atoms with Crippen molar-refractivity contribution in [2.45, 2.75) is 19.8 Å². The van der Waals surface area contributed by atoms with Gasteiger partial charge in [0.05, 0.1) is 11.3 Å². The van der Waals surface area contributed by atoms with E-state index in [1.165, 1.54) is 0 Å². The van der Waals surface area contributed by atoms with Crippen LogP contribution >= 0.6 is 0 Å². The van der Waals surface area contributed by atoms with E-state index in [1.807, 2.05) is 4.90 Å². The standard InChI is InChI=1S/C15H18N2O3/c1-10-4-3-7-17(8-10)15(19)11-5-2-6-12-14(11)16-13(18)9-20-12/h2,5-6,10H,3-4,7-9H2,1H3,(H,16,18). The fraction of sp³-hybridized carbons (Fsp3) is 0.467. The van der Waals surface area contributed by atoms with Crippen LogP contribution < -0.4 is 10.1 Å². The molecule has 1 unspecified atom stereocenters. The van der Waals surface area contributed by atoms with Crippen molar-refractivity contribution in [1.82, 2.24) is 4.90 Å². The van der Waals surface area contributed by atoms with E-state index in [0.717, 1.165) is 25.9 Å². The van der Waals surface area contributed by atoms with E-state index in [9.17, 15) is 9.59 Å². The van der Waals surface area contributed by atoms with Gasteiger partial charge in [0.2, 0.25) is 0 Å². The summed E-state index contributed by atoms with van der Waals surface area (Å²) in [5, 5.41) is 2.75. The molecule has 2 aliphatic rings. The molecule has 2 aliphatic heterocycles. The highest BCUT2D eigenvalue weighted by atomic mass is 16.5. The number of nitrogens with one attached hydrogen (secondary N) is 1. The fourth-order valence-corrected chi connectivity index (χ4v) is 2.82. The van der Waals surface area contributed by atoms with Crippen LogP contribution in [-0.4, -0.2) is 36.4 Å². The smallest absolute Gasteiger partial charge is 0.262 e. The molecular formula is C15H18N2O3. The van der Waals surface area contributed by atoms with E-state index in [0.29, 0.717) is 22.9 Å². The second kappa shape index (κ2) is 5.15. The predicted molar refractivity (Wildman–Crippen MR) is 74.9 cm³/mol. The van der Waals surface area contributed by atoms with Gasteiger partial charge in [-0.05, 0) is 30.9 Å². The van der Waals surface area contributed by atoms with Crippen molar-refractivity contribution >= 4 is 17.5 Å². The van der Waals surface area contributed by atoms with Crippen LogP contribution in [0, 0.1) is 5.92 Å². The monoisotopic (exact) mass is 274 g/mol. The Balaban J connectivity index is 1.90. The Hall–Kier alpha value is -2.04. The summed E-state index contributed by atoms with van der Waals surface area (Å²) in [7, 11) is 0. The number of benzene rings is 1. The van der Waals surface area contributed by atoms with Gasteiger partial charge >= 0.3 is 0 Å². The topological polar surface area (TPSA) is 58.6 Å². The van der Waals surface area contributed by atoms with E-state index >= 15 is 0 Å². The van der Waals surface area contributed by atoms with Gasteiger partial charge in [-0.25, -0.2) is 0 Å². The highest BCUT2D eigenvalue weighted by molar-refractivity contribution is 6.06. The number of piperidine rings is 1. The van der Waals surface area contributed by atoms with Crippen LogP contribution in [0.25, 0.3) is 0 Å². The van der Waals surface area contributed by atoms with Crippen molar-refractivity contribution < 1.29 is 14.3 Å². The second-order valence-electron chi connectivity index (χ2n) is 5.51. The third-order valence-corrected chi connectivity index (χ3v) is 3.82. The second-order valence-corrected chi connectivity index (χ2v) is 5.51. The summed E-state index contributed by atoms with van der Waals surface area (Å²) in [5.74, 6) is 0.850. The number of rotatable bonds is 1. The maximum atomic E-state index is 12.6. The first-order valence-electron chi connectivity index (χ1n) is 7.00. The number of hydrogen-bond donors (Lipinski definition) is 1. The van der Waals surface area contributed by atoms with Crippen LogP contribution in [0.5, 0.6) is 5.75 Å². The number of carbonyl (C=O) groups excluding carboxylic acids is 2. The Bertz CT molecular complexity index is 556. The first-order chi connectivity index (χ1) is 9.65. The van der Waals surface area contributed by atoms with Gasteiger partial charge in [-0.1, -0.05) is 13.0 Å². The van der Waals surface area contributed by atoms with Crippen LogP contribution in [0.2, 0.25) is 0 Å². The average molecular weight is 274 g/mol. The van der Waals surface area contributed by atoms with E-state index in [1.54, 1.807) is 18.2 Å². The van der Waals surface area contributed by atoms with Gasteiger partial charge in [0, 0.05) is 13.1 Å². The maximum absolute atomic E-state index is 12.6. The van der Waals surface area contributed by atoms with Gasteiger partial charge in [-0.3, -0.25) is 9.59 Å². The SMILES string of the molecule is CC1CCCN(C(=O)c2cccc3c2NC(=O)CO3)C1. The molecule has 0 radical (unpaired) electrons. The normalized spacial score (nSPS) is 21.8. The van der Waals surface area contributed by atoms with Crippen molar-refractivity contribution in [2.75, 3.05) is 25.0 Å². The molecule has 0 bridgehead atoms. The van der Waals surface area contributed by atoms with Gasteiger partial charge in [0.15, 0.2) is 6.61 Å². The number of anilines is 1. The lowest BCUT2D eigenvalue weighted by atomic mass is 9.99. The Morgan fingerprint density at radius 1 is 1.45 bits per heavy atom. The summed E-state index contributed by atoms with van der Waals surface area (Å²) in [4.78, 5) is 26.0. The number of nitrogens with zero attached hydrogens (tertiary/aromatic N) is 1. The molecule has 0 aromatic heterocycles. The third-order valence-electron chi connectivity index (χ3n) is 3.82. The van der Waals surface area contributed by atoms with Crippen LogP contribution in [0.3, 0.4) is 0 Å². The van der Waals surface area contributed by atoms with Gasteiger partial charge in [-0.2, -0.15) is 0 Å². The molecule has 20 heavy (non-hydrogen) atoms. The molecular weight excluding hydrogens is 256 g/mol. The lowest BCUT2D eigenvalue weighted by molar-refractivity contribution is -0.118. The van der Waals surface area contributed by atoms with Gasteiger partial charge < -0.3 is 15.0 Å². The highest BCUT2D eigenvalue weighted by Crippen LogP contribution is 2.32. The molecule has 1 aromatic carbocycles. The molecule has 5 nitrogen and oxygen atoms in total. The van der Waals surface area contributed by atoms with Crippen LogP contribution in [0.4, 0.5) is 5.69 Å². The van der Waals surface area contributed by atoms with Crippen molar-refractivity contribution in [1.29, 1.82) is 0 Å². The Labute approximate surface area is 117 Å². The molecule has 2 amide bonds. The number of amides is 2. The first kappa shape index (κ1) is 13.0. The minimum atomic E-state index is -0.218. The minimum absolute atomic E-state index is 0.00535.